The number of unbranched alkanes of at least 4 members (excludes halogenated alkanes) is 6. The van der Waals surface area contributed by atoms with E-state index in [1.165, 1.54) is 32.1 Å². The number of hydrogen-bond donors (Lipinski definition) is 0. The maximum Gasteiger partial charge on any atom is 0.310 e. The van der Waals surface area contributed by atoms with E-state index in [4.69, 9.17) is 4.74 Å². The molecule has 110 valence electrons. The van der Waals surface area contributed by atoms with Gasteiger partial charge in [0.2, 0.25) is 0 Å². The van der Waals surface area contributed by atoms with E-state index in [1.54, 1.807) is 6.26 Å². The molecule has 19 heavy (non-hydrogen) atoms. The second kappa shape index (κ2) is 15.0. The van der Waals surface area contributed by atoms with Gasteiger partial charge in [-0.2, -0.15) is 0 Å². The highest BCUT2D eigenvalue weighted by Crippen LogP contribution is 2.03. The lowest BCUT2D eigenvalue weighted by Gasteiger charge is -1.98. The number of rotatable bonds is 12. The van der Waals surface area contributed by atoms with Crippen LogP contribution in [0, 0.1) is 0 Å². The van der Waals surface area contributed by atoms with Crippen LogP contribution in [0.5, 0.6) is 0 Å². The van der Waals surface area contributed by atoms with Crippen LogP contribution in [0.1, 0.15) is 78.1 Å². The van der Waals surface area contributed by atoms with E-state index in [-0.39, 0.29) is 5.97 Å². The van der Waals surface area contributed by atoms with Gasteiger partial charge in [-0.15, -0.1) is 0 Å². The van der Waals surface area contributed by atoms with Gasteiger partial charge in [-0.3, -0.25) is 4.79 Å². The molecule has 0 aromatic carbocycles. The second-order valence-electron chi connectivity index (χ2n) is 4.86. The van der Waals surface area contributed by atoms with Crippen molar-refractivity contribution in [3.8, 4) is 0 Å². The number of hydrogen-bond acceptors (Lipinski definition) is 2. The van der Waals surface area contributed by atoms with Crippen LogP contribution in [-0.4, -0.2) is 5.97 Å². The summed E-state index contributed by atoms with van der Waals surface area (Å²) in [6.07, 6.45) is 18.6. The largest absolute Gasteiger partial charge is 0.435 e. The molecule has 0 bridgehead atoms. The summed E-state index contributed by atoms with van der Waals surface area (Å²) < 4.78 is 5.00. The van der Waals surface area contributed by atoms with Crippen LogP contribution in [0.4, 0.5) is 0 Å². The van der Waals surface area contributed by atoms with E-state index in [0.717, 1.165) is 25.7 Å². The monoisotopic (exact) mass is 266 g/mol. The van der Waals surface area contributed by atoms with Gasteiger partial charge in [-0.25, -0.2) is 0 Å². The molecule has 0 spiro atoms. The maximum absolute atomic E-state index is 11.4. The molecule has 0 radical (unpaired) electrons. The normalized spacial score (nSPS) is 11.5. The molecule has 0 rings (SSSR count). The fourth-order valence-electron chi connectivity index (χ4n) is 1.69. The Hall–Kier alpha value is -1.05. The minimum Gasteiger partial charge on any atom is -0.435 e. The van der Waals surface area contributed by atoms with Gasteiger partial charge in [0.1, 0.15) is 0 Å². The van der Waals surface area contributed by atoms with Crippen molar-refractivity contribution in [1.82, 2.24) is 0 Å². The lowest BCUT2D eigenvalue weighted by atomic mass is 10.1. The molecule has 2 heteroatoms. The smallest absolute Gasteiger partial charge is 0.310 e. The summed E-state index contributed by atoms with van der Waals surface area (Å²) in [5.41, 5.74) is 0. The molecule has 2 nitrogen and oxygen atoms in total. The second-order valence-corrected chi connectivity index (χ2v) is 4.86. The Labute approximate surface area is 118 Å². The van der Waals surface area contributed by atoms with Crippen LogP contribution in [0.3, 0.4) is 0 Å². The molecular weight excluding hydrogens is 236 g/mol. The molecule has 0 N–H and O–H groups in total. The first-order valence-electron chi connectivity index (χ1n) is 7.80. The van der Waals surface area contributed by atoms with Crippen molar-refractivity contribution in [1.29, 1.82) is 0 Å². The topological polar surface area (TPSA) is 26.3 Å². The average Bonchev–Trinajstić information content (AvgIpc) is 2.41. The minimum atomic E-state index is -0.118. The van der Waals surface area contributed by atoms with Gasteiger partial charge in [0.25, 0.3) is 0 Å². The van der Waals surface area contributed by atoms with E-state index < -0.39 is 0 Å². The molecule has 0 heterocycles. The third kappa shape index (κ3) is 14.9. The Bertz CT molecular complexity index is 254. The van der Waals surface area contributed by atoms with Gasteiger partial charge >= 0.3 is 5.97 Å². The van der Waals surface area contributed by atoms with Crippen molar-refractivity contribution < 1.29 is 9.53 Å². The van der Waals surface area contributed by atoms with E-state index >= 15 is 0 Å². The van der Waals surface area contributed by atoms with Gasteiger partial charge in [0.15, 0.2) is 0 Å². The molecule has 0 saturated heterocycles. The lowest BCUT2D eigenvalue weighted by Crippen LogP contribution is -1.98. The minimum absolute atomic E-state index is 0.118. The first kappa shape index (κ1) is 17.9. The van der Waals surface area contributed by atoms with Crippen molar-refractivity contribution in [2.45, 2.75) is 78.1 Å². The fourth-order valence-corrected chi connectivity index (χ4v) is 1.69. The van der Waals surface area contributed by atoms with Crippen LogP contribution in [-0.2, 0) is 9.53 Å². The summed E-state index contributed by atoms with van der Waals surface area (Å²) in [7, 11) is 0. The Kier molecular flexibility index (Phi) is 14.2. The molecule has 0 aliphatic heterocycles. The summed E-state index contributed by atoms with van der Waals surface area (Å²) in [5.74, 6) is -0.118. The van der Waals surface area contributed by atoms with Gasteiger partial charge in [-0.1, -0.05) is 45.3 Å². The molecule has 0 aromatic rings. The van der Waals surface area contributed by atoms with Crippen molar-refractivity contribution in [3.63, 3.8) is 0 Å². The third-order valence-electron chi connectivity index (χ3n) is 2.91. The SMILES string of the molecule is CCCC/C=C/OC(=O)CCC/C=C/CCCCC. The zero-order chi connectivity index (χ0) is 14.2. The number of esters is 1. The Balaban J connectivity index is 3.35. The molecule has 0 unspecified atom stereocenters. The van der Waals surface area contributed by atoms with Crippen LogP contribution < -0.4 is 0 Å². The zero-order valence-electron chi connectivity index (χ0n) is 12.7. The van der Waals surface area contributed by atoms with Crippen molar-refractivity contribution in [2.24, 2.45) is 0 Å². The van der Waals surface area contributed by atoms with Crippen LogP contribution in [0.25, 0.3) is 0 Å². The zero-order valence-corrected chi connectivity index (χ0v) is 12.7. The Morgan fingerprint density at radius 3 is 2.16 bits per heavy atom. The molecule has 0 aliphatic rings. The standard InChI is InChI=1S/C17H30O2/c1-3-5-7-9-10-11-12-13-15-17(18)19-16-14-8-6-4-2/h10-11,14,16H,3-9,12-13,15H2,1-2H3/b11-10+,16-14+. The molecule has 0 aromatic heterocycles. The first-order chi connectivity index (χ1) is 9.31. The van der Waals surface area contributed by atoms with Gasteiger partial charge in [0, 0.05) is 6.42 Å². The predicted octanol–water partition coefficient (Wildman–Crippen LogP) is 5.54. The predicted molar refractivity (Wildman–Crippen MR) is 81.9 cm³/mol. The highest BCUT2D eigenvalue weighted by atomic mass is 16.5. The molecule has 0 atom stereocenters. The summed E-state index contributed by atoms with van der Waals surface area (Å²) in [6.45, 7) is 4.36. The lowest BCUT2D eigenvalue weighted by molar-refractivity contribution is -0.138. The van der Waals surface area contributed by atoms with Crippen LogP contribution >= 0.6 is 0 Å². The Morgan fingerprint density at radius 2 is 1.47 bits per heavy atom. The van der Waals surface area contributed by atoms with Crippen molar-refractivity contribution in [3.05, 3.63) is 24.5 Å². The van der Waals surface area contributed by atoms with E-state index in [1.807, 2.05) is 6.08 Å². The summed E-state index contributed by atoms with van der Waals surface area (Å²) >= 11 is 0. The number of allylic oxidation sites excluding steroid dienone is 3. The Morgan fingerprint density at radius 1 is 0.842 bits per heavy atom. The van der Waals surface area contributed by atoms with E-state index in [2.05, 4.69) is 26.0 Å². The average molecular weight is 266 g/mol. The molecule has 0 aliphatic carbocycles. The summed E-state index contributed by atoms with van der Waals surface area (Å²) in [6, 6.07) is 0. The van der Waals surface area contributed by atoms with Gasteiger partial charge in [0.05, 0.1) is 6.26 Å². The quantitative estimate of drug-likeness (QED) is 0.201. The summed E-state index contributed by atoms with van der Waals surface area (Å²) in [5, 5.41) is 0. The number of carbonyl (C=O) groups excluding carboxylic acids is 1. The van der Waals surface area contributed by atoms with Crippen molar-refractivity contribution >= 4 is 5.97 Å². The maximum atomic E-state index is 11.4. The highest BCUT2D eigenvalue weighted by molar-refractivity contribution is 5.69. The molecule has 0 amide bonds. The summed E-state index contributed by atoms with van der Waals surface area (Å²) in [4.78, 5) is 11.4. The van der Waals surface area contributed by atoms with E-state index in [9.17, 15) is 4.79 Å². The molecular formula is C17H30O2. The number of ether oxygens (including phenoxy) is 1. The molecule has 0 fully saturated rings. The number of carbonyl (C=O) groups is 1. The van der Waals surface area contributed by atoms with Gasteiger partial charge < -0.3 is 4.74 Å². The molecule has 0 saturated carbocycles. The van der Waals surface area contributed by atoms with Gasteiger partial charge in [-0.05, 0) is 44.6 Å². The van der Waals surface area contributed by atoms with Crippen LogP contribution in [0.15, 0.2) is 24.5 Å². The van der Waals surface area contributed by atoms with Crippen molar-refractivity contribution in [2.75, 3.05) is 0 Å². The first-order valence-corrected chi connectivity index (χ1v) is 7.80. The van der Waals surface area contributed by atoms with E-state index in [0.29, 0.717) is 6.42 Å². The van der Waals surface area contributed by atoms with Crippen LogP contribution in [0.2, 0.25) is 0 Å². The fraction of sp³-hybridized carbons (Fsp3) is 0.706. The highest BCUT2D eigenvalue weighted by Gasteiger charge is 1.98. The third-order valence-corrected chi connectivity index (χ3v) is 2.91.